The van der Waals surface area contributed by atoms with Crippen LogP contribution in [0.25, 0.3) is 0 Å². The molecule has 0 bridgehead atoms. The van der Waals surface area contributed by atoms with Gasteiger partial charge >= 0.3 is 0 Å². The van der Waals surface area contributed by atoms with Crippen LogP contribution in [0.4, 0.5) is 0 Å². The largest absolute Gasteiger partial charge is 0.364 e. The number of nitrogens with zero attached hydrogens (tertiary/aromatic N) is 3. The predicted molar refractivity (Wildman–Crippen MR) is 66.6 cm³/mol. The van der Waals surface area contributed by atoms with E-state index in [1.54, 1.807) is 13.3 Å². The molecule has 2 unspecified atom stereocenters. The van der Waals surface area contributed by atoms with Gasteiger partial charge in [-0.05, 0) is 18.3 Å². The Kier molecular flexibility index (Phi) is 3.66. The van der Waals surface area contributed by atoms with Gasteiger partial charge in [0.15, 0.2) is 5.96 Å². The average Bonchev–Trinajstić information content (AvgIpc) is 2.79. The van der Waals surface area contributed by atoms with E-state index in [2.05, 4.69) is 22.4 Å². The highest BCUT2D eigenvalue weighted by Gasteiger charge is 2.32. The standard InChI is InChI=1S/C12H20N4O/c1-9-6-10(9)7-14-12(13-2)16(3)8-11-4-5-17-15-11/h4-5,9-10H,6-8H2,1-3H3,(H,13,14). The van der Waals surface area contributed by atoms with Crippen molar-refractivity contribution in [2.75, 3.05) is 20.6 Å². The summed E-state index contributed by atoms with van der Waals surface area (Å²) in [6.45, 7) is 4.00. The zero-order valence-electron chi connectivity index (χ0n) is 10.7. The molecule has 5 heteroatoms. The molecule has 5 nitrogen and oxygen atoms in total. The van der Waals surface area contributed by atoms with Crippen LogP contribution in [-0.2, 0) is 6.54 Å². The predicted octanol–water partition coefficient (Wildman–Crippen LogP) is 1.34. The maximum Gasteiger partial charge on any atom is 0.193 e. The first kappa shape index (κ1) is 12.0. The molecule has 1 aromatic heterocycles. The van der Waals surface area contributed by atoms with Crippen molar-refractivity contribution >= 4 is 5.96 Å². The van der Waals surface area contributed by atoms with Gasteiger partial charge in [0.1, 0.15) is 12.0 Å². The summed E-state index contributed by atoms with van der Waals surface area (Å²) in [5.41, 5.74) is 0.912. The third-order valence-corrected chi connectivity index (χ3v) is 3.26. The van der Waals surface area contributed by atoms with Crippen LogP contribution in [0.2, 0.25) is 0 Å². The molecular formula is C12H20N4O. The van der Waals surface area contributed by atoms with E-state index in [0.717, 1.165) is 30.0 Å². The fraction of sp³-hybridized carbons (Fsp3) is 0.667. The minimum absolute atomic E-state index is 0.705. The van der Waals surface area contributed by atoms with E-state index in [0.29, 0.717) is 6.54 Å². The van der Waals surface area contributed by atoms with Crippen LogP contribution < -0.4 is 5.32 Å². The number of hydrogen-bond donors (Lipinski definition) is 1. The first-order valence-corrected chi connectivity index (χ1v) is 6.01. The van der Waals surface area contributed by atoms with Crippen molar-refractivity contribution in [2.45, 2.75) is 19.9 Å². The lowest BCUT2D eigenvalue weighted by Crippen LogP contribution is -2.39. The Bertz CT molecular complexity index is 374. The number of hydrogen-bond acceptors (Lipinski definition) is 3. The Balaban J connectivity index is 1.80. The van der Waals surface area contributed by atoms with Crippen LogP contribution in [0, 0.1) is 11.8 Å². The SMILES string of the molecule is CN=C(NCC1CC1C)N(C)Cc1ccon1. The summed E-state index contributed by atoms with van der Waals surface area (Å²) < 4.78 is 4.81. The Labute approximate surface area is 102 Å². The number of aromatic nitrogens is 1. The normalized spacial score (nSPS) is 23.6. The quantitative estimate of drug-likeness (QED) is 0.633. The molecule has 0 saturated heterocycles. The lowest BCUT2D eigenvalue weighted by atomic mass is 10.3. The molecule has 17 heavy (non-hydrogen) atoms. The topological polar surface area (TPSA) is 53.7 Å². The van der Waals surface area contributed by atoms with E-state index in [9.17, 15) is 0 Å². The summed E-state index contributed by atoms with van der Waals surface area (Å²) in [6, 6.07) is 1.87. The molecule has 0 radical (unpaired) electrons. The maximum absolute atomic E-state index is 4.81. The van der Waals surface area contributed by atoms with Gasteiger partial charge in [0, 0.05) is 26.7 Å². The van der Waals surface area contributed by atoms with Gasteiger partial charge in [-0.1, -0.05) is 12.1 Å². The second-order valence-corrected chi connectivity index (χ2v) is 4.75. The van der Waals surface area contributed by atoms with Gasteiger partial charge in [-0.15, -0.1) is 0 Å². The molecule has 2 rings (SSSR count). The maximum atomic E-state index is 4.81. The molecule has 1 heterocycles. The van der Waals surface area contributed by atoms with E-state index < -0.39 is 0 Å². The molecule has 1 aliphatic carbocycles. The lowest BCUT2D eigenvalue weighted by Gasteiger charge is -2.20. The van der Waals surface area contributed by atoms with Crippen LogP contribution in [0.15, 0.2) is 21.8 Å². The van der Waals surface area contributed by atoms with E-state index in [-0.39, 0.29) is 0 Å². The molecule has 1 saturated carbocycles. The zero-order chi connectivity index (χ0) is 12.3. The molecule has 94 valence electrons. The minimum atomic E-state index is 0.705. The fourth-order valence-corrected chi connectivity index (χ4v) is 1.93. The number of guanidine groups is 1. The van der Waals surface area contributed by atoms with Gasteiger partial charge in [-0.25, -0.2) is 0 Å². The molecule has 2 atom stereocenters. The summed E-state index contributed by atoms with van der Waals surface area (Å²) >= 11 is 0. The van der Waals surface area contributed by atoms with Gasteiger partial charge in [0.25, 0.3) is 0 Å². The van der Waals surface area contributed by atoms with Crippen molar-refractivity contribution in [3.63, 3.8) is 0 Å². The van der Waals surface area contributed by atoms with E-state index in [1.807, 2.05) is 18.0 Å². The van der Waals surface area contributed by atoms with E-state index in [4.69, 9.17) is 4.52 Å². The second kappa shape index (κ2) is 5.21. The average molecular weight is 236 g/mol. The number of nitrogens with one attached hydrogen (secondary N) is 1. The third-order valence-electron chi connectivity index (χ3n) is 3.26. The molecule has 0 amide bonds. The molecule has 0 aliphatic heterocycles. The van der Waals surface area contributed by atoms with Crippen molar-refractivity contribution in [3.8, 4) is 0 Å². The van der Waals surface area contributed by atoms with Crippen molar-refractivity contribution < 1.29 is 4.52 Å². The van der Waals surface area contributed by atoms with Crippen LogP contribution in [0.5, 0.6) is 0 Å². The third kappa shape index (κ3) is 3.22. The van der Waals surface area contributed by atoms with Gasteiger partial charge in [-0.2, -0.15) is 0 Å². The molecular weight excluding hydrogens is 216 g/mol. The van der Waals surface area contributed by atoms with Crippen molar-refractivity contribution in [1.82, 2.24) is 15.4 Å². The number of rotatable bonds is 4. The Hall–Kier alpha value is -1.52. The van der Waals surface area contributed by atoms with Gasteiger partial charge in [0.2, 0.25) is 0 Å². The molecule has 1 aromatic rings. The summed E-state index contributed by atoms with van der Waals surface area (Å²) in [5.74, 6) is 2.58. The van der Waals surface area contributed by atoms with Crippen molar-refractivity contribution in [2.24, 2.45) is 16.8 Å². The first-order chi connectivity index (χ1) is 8.20. The van der Waals surface area contributed by atoms with Crippen molar-refractivity contribution in [1.29, 1.82) is 0 Å². The van der Waals surface area contributed by atoms with Crippen molar-refractivity contribution in [3.05, 3.63) is 18.0 Å². The monoisotopic (exact) mass is 236 g/mol. The molecule has 1 N–H and O–H groups in total. The summed E-state index contributed by atoms with van der Waals surface area (Å²) in [7, 11) is 3.80. The number of aliphatic imine (C=N–C) groups is 1. The van der Waals surface area contributed by atoms with Crippen LogP contribution in [0.3, 0.4) is 0 Å². The fourth-order valence-electron chi connectivity index (χ4n) is 1.93. The Morgan fingerprint density at radius 2 is 2.47 bits per heavy atom. The smallest absolute Gasteiger partial charge is 0.193 e. The highest BCUT2D eigenvalue weighted by Crippen LogP contribution is 2.36. The zero-order valence-corrected chi connectivity index (χ0v) is 10.7. The lowest BCUT2D eigenvalue weighted by molar-refractivity contribution is 0.391. The molecule has 0 spiro atoms. The summed E-state index contributed by atoms with van der Waals surface area (Å²) in [5, 5.41) is 7.28. The summed E-state index contributed by atoms with van der Waals surface area (Å²) in [6.07, 6.45) is 2.92. The molecule has 1 fully saturated rings. The Morgan fingerprint density at radius 3 is 3.00 bits per heavy atom. The van der Waals surface area contributed by atoms with Crippen LogP contribution in [0.1, 0.15) is 19.0 Å². The van der Waals surface area contributed by atoms with Gasteiger partial charge in [0.05, 0.1) is 6.54 Å². The van der Waals surface area contributed by atoms with Gasteiger partial charge in [-0.3, -0.25) is 4.99 Å². The van der Waals surface area contributed by atoms with Gasteiger partial charge < -0.3 is 14.7 Å². The first-order valence-electron chi connectivity index (χ1n) is 6.01. The molecule has 1 aliphatic rings. The van der Waals surface area contributed by atoms with Crippen LogP contribution >= 0.6 is 0 Å². The van der Waals surface area contributed by atoms with E-state index >= 15 is 0 Å². The highest BCUT2D eigenvalue weighted by molar-refractivity contribution is 5.79. The van der Waals surface area contributed by atoms with E-state index in [1.165, 1.54) is 6.42 Å². The van der Waals surface area contributed by atoms with Crippen LogP contribution in [-0.4, -0.2) is 36.7 Å². The second-order valence-electron chi connectivity index (χ2n) is 4.75. The highest BCUT2D eigenvalue weighted by atomic mass is 16.5. The minimum Gasteiger partial charge on any atom is -0.364 e. The summed E-state index contributed by atoms with van der Waals surface area (Å²) in [4.78, 5) is 6.31. The Morgan fingerprint density at radius 1 is 1.71 bits per heavy atom. The molecule has 0 aromatic carbocycles.